The molecule has 1 aromatic rings. The largest absolute Gasteiger partial charge is 0.416 e. The fraction of sp³-hybridized carbons (Fsp3) is 0.467. The topological polar surface area (TPSA) is 0 Å². The van der Waals surface area contributed by atoms with Crippen LogP contribution in [0.3, 0.4) is 0 Å². The molecule has 0 radical (unpaired) electrons. The molecule has 0 spiro atoms. The summed E-state index contributed by atoms with van der Waals surface area (Å²) in [5, 5.41) is -0.124. The first-order valence-electron chi connectivity index (χ1n) is 6.95. The SMILES string of the molecule is CC[Si](CC)(CC)C(=C(F)F)c1cccc(C(F)(F)F)c1. The molecule has 0 saturated carbocycles. The van der Waals surface area contributed by atoms with Crippen LogP contribution in [0.2, 0.25) is 18.1 Å². The van der Waals surface area contributed by atoms with Gasteiger partial charge >= 0.3 is 6.18 Å². The average molecular weight is 322 g/mol. The first-order chi connectivity index (χ1) is 9.71. The second-order valence-electron chi connectivity index (χ2n) is 5.05. The van der Waals surface area contributed by atoms with Gasteiger partial charge in [-0.05, 0) is 17.7 Å². The summed E-state index contributed by atoms with van der Waals surface area (Å²) in [5.41, 5.74) is -0.869. The van der Waals surface area contributed by atoms with Gasteiger partial charge in [-0.3, -0.25) is 0 Å². The molecule has 0 heterocycles. The molecule has 0 aliphatic rings. The maximum Gasteiger partial charge on any atom is 0.416 e. The second-order valence-corrected chi connectivity index (χ2v) is 10.2. The molecule has 1 rings (SSSR count). The highest BCUT2D eigenvalue weighted by molar-refractivity contribution is 6.96. The Morgan fingerprint density at radius 3 is 1.90 bits per heavy atom. The van der Waals surface area contributed by atoms with Gasteiger partial charge in [0, 0.05) is 5.20 Å². The van der Waals surface area contributed by atoms with Crippen molar-refractivity contribution in [3.63, 3.8) is 0 Å². The lowest BCUT2D eigenvalue weighted by atomic mass is 10.1. The van der Waals surface area contributed by atoms with Crippen molar-refractivity contribution in [2.75, 3.05) is 0 Å². The molecule has 118 valence electrons. The zero-order chi connectivity index (χ0) is 16.3. The minimum absolute atomic E-state index is 0.0158. The van der Waals surface area contributed by atoms with Gasteiger partial charge < -0.3 is 0 Å². The van der Waals surface area contributed by atoms with Crippen molar-refractivity contribution < 1.29 is 22.0 Å². The monoisotopic (exact) mass is 322 g/mol. The predicted molar refractivity (Wildman–Crippen MR) is 77.8 cm³/mol. The van der Waals surface area contributed by atoms with E-state index in [2.05, 4.69) is 0 Å². The van der Waals surface area contributed by atoms with E-state index in [1.165, 1.54) is 12.1 Å². The summed E-state index contributed by atoms with van der Waals surface area (Å²) in [4.78, 5) is 0. The van der Waals surface area contributed by atoms with Gasteiger partial charge in [0.05, 0.1) is 13.6 Å². The third kappa shape index (κ3) is 3.73. The van der Waals surface area contributed by atoms with Crippen molar-refractivity contribution in [2.24, 2.45) is 0 Å². The van der Waals surface area contributed by atoms with E-state index < -0.39 is 25.9 Å². The van der Waals surface area contributed by atoms with Crippen molar-refractivity contribution in [3.05, 3.63) is 41.5 Å². The van der Waals surface area contributed by atoms with Crippen molar-refractivity contribution in [1.82, 2.24) is 0 Å². The molecular formula is C15H19F5Si. The summed E-state index contributed by atoms with van der Waals surface area (Å²) in [7, 11) is -2.47. The summed E-state index contributed by atoms with van der Waals surface area (Å²) in [6.45, 7) is 5.53. The quantitative estimate of drug-likeness (QED) is 0.437. The Balaban J connectivity index is 3.49. The molecule has 0 aromatic heterocycles. The van der Waals surface area contributed by atoms with E-state index >= 15 is 0 Å². The van der Waals surface area contributed by atoms with Crippen LogP contribution in [0.4, 0.5) is 22.0 Å². The third-order valence-corrected chi connectivity index (χ3v) is 9.83. The molecule has 0 N–H and O–H groups in total. The van der Waals surface area contributed by atoms with E-state index in [1.54, 1.807) is 0 Å². The Labute approximate surface area is 122 Å². The highest BCUT2D eigenvalue weighted by Crippen LogP contribution is 2.40. The van der Waals surface area contributed by atoms with Crippen LogP contribution >= 0.6 is 0 Å². The second kappa shape index (κ2) is 6.73. The van der Waals surface area contributed by atoms with Gasteiger partial charge in [-0.2, -0.15) is 22.0 Å². The highest BCUT2D eigenvalue weighted by atomic mass is 28.3. The first kappa shape index (κ1) is 17.9. The van der Waals surface area contributed by atoms with Gasteiger partial charge in [0.2, 0.25) is 0 Å². The van der Waals surface area contributed by atoms with Gasteiger partial charge in [0.15, 0.2) is 0 Å². The van der Waals surface area contributed by atoms with Gasteiger partial charge in [-0.1, -0.05) is 51.0 Å². The first-order valence-corrected chi connectivity index (χ1v) is 9.57. The molecule has 0 fully saturated rings. The minimum atomic E-state index is -4.53. The molecular weight excluding hydrogens is 303 g/mol. The lowest BCUT2D eigenvalue weighted by Crippen LogP contribution is -2.34. The zero-order valence-electron chi connectivity index (χ0n) is 12.3. The van der Waals surface area contributed by atoms with Crippen LogP contribution in [-0.2, 0) is 6.18 Å². The van der Waals surface area contributed by atoms with Crippen molar-refractivity contribution >= 4 is 13.3 Å². The standard InChI is InChI=1S/C15H19F5Si/c1-4-21(5-2,6-3)13(14(16)17)11-8-7-9-12(10-11)15(18,19)20/h7-10H,4-6H2,1-3H3. The third-order valence-electron chi connectivity index (χ3n) is 4.23. The van der Waals surface area contributed by atoms with Crippen LogP contribution in [0.15, 0.2) is 30.3 Å². The maximum absolute atomic E-state index is 13.5. The molecule has 0 nitrogen and oxygen atoms in total. The van der Waals surface area contributed by atoms with Gasteiger partial charge in [-0.15, -0.1) is 0 Å². The summed E-state index contributed by atoms with van der Waals surface area (Å²) in [5.74, 6) is 0. The predicted octanol–water partition coefficient (Wildman–Crippen LogP) is 6.36. The van der Waals surface area contributed by atoms with Crippen LogP contribution < -0.4 is 0 Å². The molecule has 0 bridgehead atoms. The fourth-order valence-corrected chi connectivity index (χ4v) is 6.48. The van der Waals surface area contributed by atoms with Crippen LogP contribution in [-0.4, -0.2) is 8.07 Å². The minimum Gasteiger partial charge on any atom is -0.174 e. The van der Waals surface area contributed by atoms with Crippen LogP contribution in [0.1, 0.15) is 31.9 Å². The molecule has 1 aromatic carbocycles. The Morgan fingerprint density at radius 1 is 1.00 bits per heavy atom. The van der Waals surface area contributed by atoms with E-state index in [1.807, 2.05) is 20.8 Å². The molecule has 0 amide bonds. The molecule has 0 atom stereocenters. The van der Waals surface area contributed by atoms with E-state index in [0.29, 0.717) is 18.1 Å². The zero-order valence-corrected chi connectivity index (χ0v) is 13.3. The molecule has 0 unspecified atom stereocenters. The maximum atomic E-state index is 13.5. The summed E-state index contributed by atoms with van der Waals surface area (Å²) < 4.78 is 65.4. The number of hydrogen-bond donors (Lipinski definition) is 0. The smallest absolute Gasteiger partial charge is 0.174 e. The van der Waals surface area contributed by atoms with Crippen molar-refractivity contribution in [1.29, 1.82) is 0 Å². The van der Waals surface area contributed by atoms with E-state index in [-0.39, 0.29) is 10.8 Å². The Bertz CT molecular complexity index is 503. The van der Waals surface area contributed by atoms with E-state index in [4.69, 9.17) is 0 Å². The summed E-state index contributed by atoms with van der Waals surface area (Å²) in [6, 6.07) is 6.06. The van der Waals surface area contributed by atoms with E-state index in [9.17, 15) is 22.0 Å². The van der Waals surface area contributed by atoms with Crippen molar-refractivity contribution in [2.45, 2.75) is 45.1 Å². The molecule has 0 saturated heterocycles. The lowest BCUT2D eigenvalue weighted by Gasteiger charge is -2.31. The molecule has 0 aliphatic carbocycles. The Kier molecular flexibility index (Phi) is 5.73. The number of rotatable bonds is 5. The average Bonchev–Trinajstić information content (AvgIpc) is 2.43. The molecule has 6 heteroatoms. The number of hydrogen-bond acceptors (Lipinski definition) is 0. The highest BCUT2D eigenvalue weighted by Gasteiger charge is 2.37. The summed E-state index contributed by atoms with van der Waals surface area (Å²) >= 11 is 0. The summed E-state index contributed by atoms with van der Waals surface area (Å²) in [6.07, 6.45) is -6.37. The number of alkyl halides is 3. The lowest BCUT2D eigenvalue weighted by molar-refractivity contribution is -0.137. The molecule has 21 heavy (non-hydrogen) atoms. The van der Waals surface area contributed by atoms with E-state index in [0.717, 1.165) is 12.1 Å². The van der Waals surface area contributed by atoms with Crippen molar-refractivity contribution in [3.8, 4) is 0 Å². The Morgan fingerprint density at radius 2 is 1.52 bits per heavy atom. The molecule has 0 aliphatic heterocycles. The van der Waals surface area contributed by atoms with Crippen LogP contribution in [0, 0.1) is 0 Å². The number of benzene rings is 1. The van der Waals surface area contributed by atoms with Crippen LogP contribution in [0.25, 0.3) is 5.20 Å². The van der Waals surface area contributed by atoms with Gasteiger partial charge in [0.1, 0.15) is 0 Å². The Hall–Kier alpha value is -1.17. The number of halogens is 5. The van der Waals surface area contributed by atoms with Gasteiger partial charge in [-0.25, -0.2) is 0 Å². The fourth-order valence-electron chi connectivity index (χ4n) is 2.75. The van der Waals surface area contributed by atoms with Crippen LogP contribution in [0.5, 0.6) is 0 Å². The normalized spacial score (nSPS) is 12.4. The van der Waals surface area contributed by atoms with Gasteiger partial charge in [0.25, 0.3) is 6.08 Å².